The summed E-state index contributed by atoms with van der Waals surface area (Å²) in [6.07, 6.45) is 8.09. The van der Waals surface area contributed by atoms with E-state index >= 15 is 0 Å². The van der Waals surface area contributed by atoms with Gasteiger partial charge < -0.3 is 30.0 Å². The fourth-order valence-electron chi connectivity index (χ4n) is 6.12. The summed E-state index contributed by atoms with van der Waals surface area (Å²) in [4.78, 5) is 28.0. The Hall–Kier alpha value is -3.17. The second-order valence-electron chi connectivity index (χ2n) is 13.7. The Balaban J connectivity index is 0.00000106. The van der Waals surface area contributed by atoms with Crippen molar-refractivity contribution < 1.29 is 46.8 Å². The Morgan fingerprint density at radius 2 is 1.20 bits per heavy atom. The van der Waals surface area contributed by atoms with E-state index < -0.39 is 11.9 Å². The molecule has 0 heterocycles. The number of benzene rings is 2. The molecule has 0 spiro atoms. The second kappa shape index (κ2) is 17.7. The Bertz CT molecular complexity index is 1380. The Morgan fingerprint density at radius 3 is 1.57 bits per heavy atom. The van der Waals surface area contributed by atoms with Crippen LogP contribution in [0.25, 0.3) is 0 Å². The average Bonchev–Trinajstić information content (AvgIpc) is 3.49. The van der Waals surface area contributed by atoms with Crippen LogP contribution in [0.1, 0.15) is 152 Å². The van der Waals surface area contributed by atoms with Gasteiger partial charge in [-0.3, -0.25) is 9.98 Å². The summed E-state index contributed by atoms with van der Waals surface area (Å²) >= 11 is 0. The van der Waals surface area contributed by atoms with Gasteiger partial charge in [0.05, 0.1) is 11.6 Å². The van der Waals surface area contributed by atoms with Gasteiger partial charge >= 0.3 is 16.8 Å². The van der Waals surface area contributed by atoms with Gasteiger partial charge in [-0.05, 0) is 104 Å². The first-order valence-electron chi connectivity index (χ1n) is 16.1. The number of phenols is 2. The van der Waals surface area contributed by atoms with Crippen LogP contribution < -0.4 is 10.2 Å². The first-order valence-corrected chi connectivity index (χ1v) is 16.1. The minimum absolute atomic E-state index is 0. The van der Waals surface area contributed by atoms with Gasteiger partial charge in [0.2, 0.25) is 0 Å². The van der Waals surface area contributed by atoms with Crippen molar-refractivity contribution in [1.29, 1.82) is 0 Å². The minimum Gasteiger partial charge on any atom is -0.550 e. The van der Waals surface area contributed by atoms with Gasteiger partial charge in [0.15, 0.2) is 0 Å². The number of hydrogen-bond acceptors (Lipinski definition) is 8. The zero-order chi connectivity index (χ0) is 34.2. The molecule has 4 rings (SSSR count). The smallest absolute Gasteiger partial charge is 0.550 e. The number of rotatable bonds is 8. The number of nitrogens with zero attached hydrogens (tertiary/aromatic N) is 2. The summed E-state index contributed by atoms with van der Waals surface area (Å²) in [6, 6.07) is 8.54. The number of hydrogen-bond donors (Lipinski definition) is 2. The van der Waals surface area contributed by atoms with Crippen molar-refractivity contribution in [2.45, 2.75) is 130 Å². The van der Waals surface area contributed by atoms with E-state index in [0.29, 0.717) is 29.3 Å². The fraction of sp³-hybridized carbons (Fsp3) is 0.568. The summed E-state index contributed by atoms with van der Waals surface area (Å²) in [5, 5.41) is 39.8. The van der Waals surface area contributed by atoms with Crippen LogP contribution in [-0.2, 0) is 26.4 Å². The van der Waals surface area contributed by atoms with Crippen molar-refractivity contribution in [1.82, 2.24) is 0 Å². The first kappa shape index (κ1) is 40.8. The third kappa shape index (κ3) is 11.0. The largest absolute Gasteiger partial charge is 2.00 e. The molecule has 2 aliphatic rings. The molecule has 0 aliphatic heterocycles. The predicted molar refractivity (Wildman–Crippen MR) is 178 cm³/mol. The molecule has 255 valence electrons. The van der Waals surface area contributed by atoms with Gasteiger partial charge in [0.25, 0.3) is 0 Å². The number of aromatic hydroxyl groups is 2. The standard InChI is InChI=1S/C33H46N2O2.2C2H4O2.Co/c1-19(2)24-12-26(31(36)28(14-24)21(5)6)17-34-30-11-23-9-10-33(30,16-23)35-18-27-13-25(20(3)4)15-29(22(7)8)32(27)37;2*1-2(3)4;/h12-15,17-23,30,36-37H,9-11,16H2,1-8H3;2*1H3,(H,3,4);/q;;;+2/p-2. The normalized spacial score (nSPS) is 20.2. The average molecular weight is 680 g/mol. The summed E-state index contributed by atoms with van der Waals surface area (Å²) in [5.74, 6) is 0.428. The van der Waals surface area contributed by atoms with Crippen LogP contribution in [0.5, 0.6) is 11.5 Å². The molecular formula is C37H52CoN2O6. The van der Waals surface area contributed by atoms with Gasteiger partial charge in [-0.1, -0.05) is 67.5 Å². The van der Waals surface area contributed by atoms with Crippen molar-refractivity contribution in [2.24, 2.45) is 15.9 Å². The van der Waals surface area contributed by atoms with Crippen LogP contribution in [0.2, 0.25) is 0 Å². The van der Waals surface area contributed by atoms with Gasteiger partial charge in [-0.15, -0.1) is 0 Å². The number of carbonyl (C=O) groups excluding carboxylic acids is 2. The van der Waals surface area contributed by atoms with Crippen molar-refractivity contribution in [3.8, 4) is 11.5 Å². The van der Waals surface area contributed by atoms with E-state index in [9.17, 15) is 10.2 Å². The van der Waals surface area contributed by atoms with Gasteiger partial charge in [0, 0.05) is 35.5 Å². The van der Waals surface area contributed by atoms with Crippen molar-refractivity contribution in [2.75, 3.05) is 0 Å². The molecule has 46 heavy (non-hydrogen) atoms. The number of fused-ring (bicyclic) bond motifs is 2. The second-order valence-corrected chi connectivity index (χ2v) is 13.7. The molecular weight excluding hydrogens is 627 g/mol. The van der Waals surface area contributed by atoms with Crippen molar-refractivity contribution >= 4 is 24.4 Å². The van der Waals surface area contributed by atoms with E-state index in [-0.39, 0.29) is 40.2 Å². The SMILES string of the molecule is CC(=O)[O-].CC(=O)[O-].CC(C)c1cc(C=NC2CC3CCC2(N=Cc2cc(C(C)C)cc(C(C)C)c2O)C3)c(O)c(C(C)C)c1.[Co+2]. The maximum absolute atomic E-state index is 11.0. The molecule has 3 unspecified atom stereocenters. The predicted octanol–water partition coefficient (Wildman–Crippen LogP) is 5.95. The molecule has 0 amide bonds. The van der Waals surface area contributed by atoms with Crippen LogP contribution in [0.15, 0.2) is 34.3 Å². The van der Waals surface area contributed by atoms with Crippen molar-refractivity contribution in [3.05, 3.63) is 57.6 Å². The third-order valence-corrected chi connectivity index (χ3v) is 8.62. The monoisotopic (exact) mass is 679 g/mol. The molecule has 2 aromatic carbocycles. The zero-order valence-electron chi connectivity index (χ0n) is 29.0. The van der Waals surface area contributed by atoms with Gasteiger partial charge in [-0.2, -0.15) is 0 Å². The van der Waals surface area contributed by atoms with Crippen molar-refractivity contribution in [3.63, 3.8) is 0 Å². The molecule has 3 atom stereocenters. The molecule has 2 saturated carbocycles. The number of carboxylic acids is 2. The number of phenolic OH excluding ortho intramolecular Hbond substituents is 2. The molecule has 9 heteroatoms. The van der Waals surface area contributed by atoms with Crippen LogP contribution in [0, 0.1) is 5.92 Å². The van der Waals surface area contributed by atoms with E-state index in [2.05, 4.69) is 79.7 Å². The number of carbonyl (C=O) groups is 2. The van der Waals surface area contributed by atoms with E-state index in [1.54, 1.807) is 0 Å². The van der Waals surface area contributed by atoms with Crippen LogP contribution >= 0.6 is 0 Å². The Labute approximate surface area is 285 Å². The zero-order valence-corrected chi connectivity index (χ0v) is 30.1. The maximum Gasteiger partial charge on any atom is 2.00 e. The summed E-state index contributed by atoms with van der Waals surface area (Å²) in [5.41, 5.74) is 5.81. The van der Waals surface area contributed by atoms with E-state index in [1.165, 1.54) is 17.5 Å². The summed E-state index contributed by atoms with van der Waals surface area (Å²) in [7, 11) is 0. The van der Waals surface area contributed by atoms with Crippen LogP contribution in [-0.4, -0.2) is 46.2 Å². The first-order chi connectivity index (χ1) is 20.9. The van der Waals surface area contributed by atoms with E-state index in [4.69, 9.17) is 29.8 Å². The third-order valence-electron chi connectivity index (χ3n) is 8.62. The maximum atomic E-state index is 11.0. The molecule has 0 saturated heterocycles. The van der Waals surface area contributed by atoms with Crippen LogP contribution in [0.4, 0.5) is 0 Å². The molecule has 2 N–H and O–H groups in total. The number of carboxylic acid groups (broad SMARTS) is 2. The summed E-state index contributed by atoms with van der Waals surface area (Å²) < 4.78 is 0. The van der Waals surface area contributed by atoms with Crippen LogP contribution in [0.3, 0.4) is 0 Å². The van der Waals surface area contributed by atoms with E-state index in [1.807, 2.05) is 12.4 Å². The molecule has 1 radical (unpaired) electrons. The number of aliphatic imine (C=N–C) groups is 2. The molecule has 2 bridgehead atoms. The topological polar surface area (TPSA) is 145 Å². The molecule has 2 fully saturated rings. The summed E-state index contributed by atoms with van der Waals surface area (Å²) in [6.45, 7) is 19.2. The Kier molecular flexibility index (Phi) is 15.7. The Morgan fingerprint density at radius 1 is 0.783 bits per heavy atom. The molecule has 2 aromatic rings. The number of aliphatic carboxylic acids is 2. The quantitative estimate of drug-likeness (QED) is 0.330. The fourth-order valence-corrected chi connectivity index (χ4v) is 6.12. The van der Waals surface area contributed by atoms with E-state index in [0.717, 1.165) is 55.4 Å². The minimum atomic E-state index is -1.08. The van der Waals surface area contributed by atoms with Gasteiger partial charge in [0.1, 0.15) is 11.5 Å². The van der Waals surface area contributed by atoms with Gasteiger partial charge in [-0.25, -0.2) is 0 Å². The molecule has 0 aromatic heterocycles. The molecule has 8 nitrogen and oxygen atoms in total. The molecule has 2 aliphatic carbocycles.